The monoisotopic (exact) mass is 453 g/mol. The van der Waals surface area contributed by atoms with Crippen molar-refractivity contribution < 1.29 is 13.9 Å². The number of ether oxygens (including phenoxy) is 2. The second-order valence-corrected chi connectivity index (χ2v) is 5.83. The normalized spacial score (nSPS) is 11.6. The molecule has 0 unspecified atom stereocenters. The Balaban J connectivity index is 0.00000529. The number of methoxy groups -OCH3 is 1. The zero-order chi connectivity index (χ0) is 17.1. The van der Waals surface area contributed by atoms with Gasteiger partial charge in [-0.1, -0.05) is 0 Å². The highest BCUT2D eigenvalue weighted by atomic mass is 127. The van der Waals surface area contributed by atoms with E-state index in [4.69, 9.17) is 9.47 Å². The fourth-order valence-corrected chi connectivity index (χ4v) is 1.74. The summed E-state index contributed by atoms with van der Waals surface area (Å²) in [6.07, 6.45) is 1.86. The van der Waals surface area contributed by atoms with Crippen molar-refractivity contribution in [2.24, 2.45) is 4.99 Å². The van der Waals surface area contributed by atoms with E-state index in [2.05, 4.69) is 15.6 Å². The van der Waals surface area contributed by atoms with E-state index in [1.807, 2.05) is 13.8 Å². The van der Waals surface area contributed by atoms with Crippen LogP contribution in [0.1, 0.15) is 26.7 Å². The molecule has 0 aromatic heterocycles. The lowest BCUT2D eigenvalue weighted by atomic mass is 10.1. The standard InChI is InChI=1S/C17H28FN3O2.HI/c1-17(2,22-4)13-21-16(19-3)20-11-5-6-12-23-15-9-7-14(18)8-10-15;/h7-10H,5-6,11-13H2,1-4H3,(H2,19,20,21);1H. The number of aliphatic imine (C=N–C) groups is 1. The van der Waals surface area contributed by atoms with Gasteiger partial charge >= 0.3 is 0 Å². The lowest BCUT2D eigenvalue weighted by Crippen LogP contribution is -2.45. The molecule has 1 rings (SSSR count). The summed E-state index contributed by atoms with van der Waals surface area (Å²) in [6.45, 7) is 6.12. The maximum absolute atomic E-state index is 12.8. The Labute approximate surface area is 161 Å². The Hall–Kier alpha value is -1.09. The van der Waals surface area contributed by atoms with Crippen LogP contribution in [0, 0.1) is 5.82 Å². The van der Waals surface area contributed by atoms with Gasteiger partial charge in [-0.3, -0.25) is 4.99 Å². The van der Waals surface area contributed by atoms with E-state index in [9.17, 15) is 4.39 Å². The summed E-state index contributed by atoms with van der Waals surface area (Å²) in [5.74, 6) is 1.20. The predicted molar refractivity (Wildman–Crippen MR) is 107 cm³/mol. The molecule has 0 fully saturated rings. The fourth-order valence-electron chi connectivity index (χ4n) is 1.74. The largest absolute Gasteiger partial charge is 0.494 e. The maximum Gasteiger partial charge on any atom is 0.191 e. The summed E-state index contributed by atoms with van der Waals surface area (Å²) in [6, 6.07) is 6.07. The van der Waals surface area contributed by atoms with Crippen molar-refractivity contribution in [3.63, 3.8) is 0 Å². The van der Waals surface area contributed by atoms with Gasteiger partial charge in [0.2, 0.25) is 0 Å². The summed E-state index contributed by atoms with van der Waals surface area (Å²) in [5, 5.41) is 6.48. The van der Waals surface area contributed by atoms with E-state index in [0.29, 0.717) is 18.9 Å². The molecule has 0 aliphatic heterocycles. The maximum atomic E-state index is 12.8. The molecule has 0 atom stereocenters. The molecule has 0 heterocycles. The quantitative estimate of drug-likeness (QED) is 0.261. The van der Waals surface area contributed by atoms with Crippen LogP contribution in [0.15, 0.2) is 29.3 Å². The molecule has 0 amide bonds. The van der Waals surface area contributed by atoms with Crippen molar-refractivity contribution in [2.75, 3.05) is 33.9 Å². The molecule has 2 N–H and O–H groups in total. The Morgan fingerprint density at radius 1 is 1.17 bits per heavy atom. The number of benzene rings is 1. The van der Waals surface area contributed by atoms with E-state index in [1.165, 1.54) is 12.1 Å². The highest BCUT2D eigenvalue weighted by molar-refractivity contribution is 14.0. The number of hydrogen-bond donors (Lipinski definition) is 2. The van der Waals surface area contributed by atoms with E-state index in [-0.39, 0.29) is 35.4 Å². The highest BCUT2D eigenvalue weighted by Crippen LogP contribution is 2.11. The molecule has 0 saturated carbocycles. The number of hydrogen-bond acceptors (Lipinski definition) is 3. The molecule has 1 aromatic carbocycles. The molecule has 0 radical (unpaired) electrons. The molecular weight excluding hydrogens is 424 g/mol. The Morgan fingerprint density at radius 3 is 2.42 bits per heavy atom. The average Bonchev–Trinajstić information content (AvgIpc) is 2.55. The van der Waals surface area contributed by atoms with Gasteiger partial charge in [0, 0.05) is 27.2 Å². The topological polar surface area (TPSA) is 54.9 Å². The molecule has 0 aliphatic rings. The first kappa shape index (κ1) is 22.9. The first-order chi connectivity index (χ1) is 11.0. The van der Waals surface area contributed by atoms with Gasteiger partial charge in [0.15, 0.2) is 5.96 Å². The van der Waals surface area contributed by atoms with Crippen molar-refractivity contribution in [2.45, 2.75) is 32.3 Å². The highest BCUT2D eigenvalue weighted by Gasteiger charge is 2.16. The number of guanidine groups is 1. The van der Waals surface area contributed by atoms with Crippen molar-refractivity contribution in [3.8, 4) is 5.75 Å². The predicted octanol–water partition coefficient (Wildman–Crippen LogP) is 3.19. The van der Waals surface area contributed by atoms with E-state index >= 15 is 0 Å². The smallest absolute Gasteiger partial charge is 0.191 e. The van der Waals surface area contributed by atoms with Crippen LogP contribution in [0.4, 0.5) is 4.39 Å². The lowest BCUT2D eigenvalue weighted by molar-refractivity contribution is 0.0268. The third-order valence-corrected chi connectivity index (χ3v) is 3.40. The van der Waals surface area contributed by atoms with E-state index in [0.717, 1.165) is 25.3 Å². The molecule has 5 nitrogen and oxygen atoms in total. The van der Waals surface area contributed by atoms with Crippen LogP contribution < -0.4 is 15.4 Å². The van der Waals surface area contributed by atoms with Gasteiger partial charge in [-0.05, 0) is 51.0 Å². The Kier molecular flexibility index (Phi) is 11.7. The van der Waals surface area contributed by atoms with Crippen molar-refractivity contribution in [1.82, 2.24) is 10.6 Å². The summed E-state index contributed by atoms with van der Waals surface area (Å²) in [5.41, 5.74) is -0.235. The van der Waals surface area contributed by atoms with E-state index in [1.54, 1.807) is 26.3 Å². The molecule has 7 heteroatoms. The van der Waals surface area contributed by atoms with Crippen LogP contribution in [-0.2, 0) is 4.74 Å². The zero-order valence-corrected chi connectivity index (χ0v) is 17.2. The number of nitrogens with one attached hydrogen (secondary N) is 2. The molecule has 138 valence electrons. The number of halogens is 2. The SMILES string of the molecule is CN=C(NCCCCOc1ccc(F)cc1)NCC(C)(C)OC.I. The molecule has 0 aliphatic carbocycles. The first-order valence-electron chi connectivity index (χ1n) is 7.85. The van der Waals surface area contributed by atoms with Gasteiger partial charge in [-0.25, -0.2) is 4.39 Å². The third-order valence-electron chi connectivity index (χ3n) is 3.40. The van der Waals surface area contributed by atoms with Crippen molar-refractivity contribution in [3.05, 3.63) is 30.1 Å². The summed E-state index contributed by atoms with van der Waals surface area (Å²) >= 11 is 0. The van der Waals surface area contributed by atoms with Crippen LogP contribution in [0.5, 0.6) is 5.75 Å². The van der Waals surface area contributed by atoms with Crippen LogP contribution >= 0.6 is 24.0 Å². The van der Waals surface area contributed by atoms with Gasteiger partial charge in [-0.2, -0.15) is 0 Å². The summed E-state index contributed by atoms with van der Waals surface area (Å²) in [4.78, 5) is 4.17. The molecule has 0 saturated heterocycles. The van der Waals surface area contributed by atoms with Gasteiger partial charge in [0.1, 0.15) is 11.6 Å². The minimum atomic E-state index is -0.253. The minimum absolute atomic E-state index is 0. The molecule has 1 aromatic rings. The summed E-state index contributed by atoms with van der Waals surface area (Å²) < 4.78 is 23.7. The fraction of sp³-hybridized carbons (Fsp3) is 0.588. The number of rotatable bonds is 9. The zero-order valence-electron chi connectivity index (χ0n) is 14.9. The summed E-state index contributed by atoms with van der Waals surface area (Å²) in [7, 11) is 3.44. The van der Waals surface area contributed by atoms with Crippen LogP contribution in [-0.4, -0.2) is 45.4 Å². The third kappa shape index (κ3) is 9.92. The van der Waals surface area contributed by atoms with Crippen LogP contribution in [0.2, 0.25) is 0 Å². The van der Waals surface area contributed by atoms with E-state index < -0.39 is 0 Å². The lowest BCUT2D eigenvalue weighted by Gasteiger charge is -2.24. The molecule has 24 heavy (non-hydrogen) atoms. The Bertz CT molecular complexity index is 481. The minimum Gasteiger partial charge on any atom is -0.494 e. The van der Waals surface area contributed by atoms with Gasteiger partial charge < -0.3 is 20.1 Å². The van der Waals surface area contributed by atoms with Gasteiger partial charge in [0.05, 0.1) is 12.2 Å². The molecule has 0 bridgehead atoms. The first-order valence-corrected chi connectivity index (χ1v) is 7.85. The Morgan fingerprint density at radius 2 is 1.83 bits per heavy atom. The van der Waals surface area contributed by atoms with Crippen molar-refractivity contribution in [1.29, 1.82) is 0 Å². The van der Waals surface area contributed by atoms with Gasteiger partial charge in [0.25, 0.3) is 0 Å². The van der Waals surface area contributed by atoms with Crippen LogP contribution in [0.25, 0.3) is 0 Å². The second-order valence-electron chi connectivity index (χ2n) is 5.83. The van der Waals surface area contributed by atoms with Gasteiger partial charge in [-0.15, -0.1) is 24.0 Å². The number of nitrogens with zero attached hydrogens (tertiary/aromatic N) is 1. The van der Waals surface area contributed by atoms with Crippen LogP contribution in [0.3, 0.4) is 0 Å². The second kappa shape index (κ2) is 12.3. The molecule has 0 spiro atoms. The van der Waals surface area contributed by atoms with Crippen molar-refractivity contribution >= 4 is 29.9 Å². The average molecular weight is 453 g/mol. The number of unbranched alkanes of at least 4 members (excludes halogenated alkanes) is 1. The molecular formula is C17H29FIN3O2.